The molecule has 0 spiro atoms. The summed E-state index contributed by atoms with van der Waals surface area (Å²) in [6, 6.07) is 8.08. The van der Waals surface area contributed by atoms with E-state index in [0.29, 0.717) is 13.1 Å². The van der Waals surface area contributed by atoms with Crippen molar-refractivity contribution in [2.75, 3.05) is 6.54 Å². The van der Waals surface area contributed by atoms with Crippen LogP contribution in [0.2, 0.25) is 0 Å². The molecule has 6 heteroatoms. The summed E-state index contributed by atoms with van der Waals surface area (Å²) >= 11 is 3.61. The third kappa shape index (κ3) is 2.92. The highest BCUT2D eigenvalue weighted by Gasteiger charge is 2.13. The van der Waals surface area contributed by atoms with Crippen LogP contribution in [0.1, 0.15) is 5.69 Å². The highest BCUT2D eigenvalue weighted by Crippen LogP contribution is 2.30. The zero-order valence-electron chi connectivity index (χ0n) is 12.3. The summed E-state index contributed by atoms with van der Waals surface area (Å²) in [6.07, 6.45) is 5.36. The number of benzene rings is 1. The number of halogens is 1. The number of nitrogens with zero attached hydrogens (tertiary/aromatic N) is 3. The van der Waals surface area contributed by atoms with Crippen LogP contribution < -0.4 is 5.32 Å². The van der Waals surface area contributed by atoms with E-state index in [1.165, 1.54) is 0 Å². The first-order valence-corrected chi connectivity index (χ1v) is 7.92. The van der Waals surface area contributed by atoms with Gasteiger partial charge in [0.25, 0.3) is 0 Å². The monoisotopic (exact) mass is 360 g/mol. The number of amides is 1. The molecule has 0 atom stereocenters. The van der Waals surface area contributed by atoms with Gasteiger partial charge in [0.15, 0.2) is 0 Å². The Morgan fingerprint density at radius 2 is 2.18 bits per heavy atom. The average Bonchev–Trinajstić information content (AvgIpc) is 3.11. The molecule has 3 aromatic rings. The molecule has 1 N–H and O–H groups in total. The lowest BCUT2D eigenvalue weighted by Crippen LogP contribution is -2.30. The number of carbonyl (C=O) groups excluding carboxylic acids is 1. The molecule has 0 aliphatic rings. The Morgan fingerprint density at radius 3 is 2.95 bits per heavy atom. The predicted molar refractivity (Wildman–Crippen MR) is 89.6 cm³/mol. The number of hydrogen-bond acceptors (Lipinski definition) is 2. The van der Waals surface area contributed by atoms with Crippen LogP contribution in [0.15, 0.2) is 47.5 Å². The molecule has 0 saturated carbocycles. The van der Waals surface area contributed by atoms with Crippen LogP contribution in [-0.4, -0.2) is 26.6 Å². The Labute approximate surface area is 137 Å². The van der Waals surface area contributed by atoms with Gasteiger partial charge in [0.05, 0.1) is 6.33 Å². The third-order valence-electron chi connectivity index (χ3n) is 3.71. The maximum absolute atomic E-state index is 12.2. The van der Waals surface area contributed by atoms with Crippen LogP contribution in [0.5, 0.6) is 0 Å². The summed E-state index contributed by atoms with van der Waals surface area (Å²) in [6.45, 7) is 3.65. The minimum absolute atomic E-state index is 0.0106. The average molecular weight is 361 g/mol. The van der Waals surface area contributed by atoms with Crippen molar-refractivity contribution in [3.8, 4) is 0 Å². The second kappa shape index (κ2) is 6.36. The number of para-hydroxylation sites is 1. The van der Waals surface area contributed by atoms with Gasteiger partial charge in [-0.2, -0.15) is 0 Å². The highest BCUT2D eigenvalue weighted by molar-refractivity contribution is 9.10. The first kappa shape index (κ1) is 14.8. The van der Waals surface area contributed by atoms with Crippen LogP contribution >= 0.6 is 15.9 Å². The largest absolute Gasteiger partial charge is 0.353 e. The van der Waals surface area contributed by atoms with Crippen molar-refractivity contribution in [3.63, 3.8) is 0 Å². The van der Waals surface area contributed by atoms with Gasteiger partial charge in [-0.15, -0.1) is 0 Å². The van der Waals surface area contributed by atoms with Crippen LogP contribution in [0.3, 0.4) is 0 Å². The van der Waals surface area contributed by atoms with Crippen molar-refractivity contribution < 1.29 is 4.79 Å². The number of rotatable bonds is 5. The van der Waals surface area contributed by atoms with Crippen molar-refractivity contribution in [1.82, 2.24) is 19.4 Å². The smallest absolute Gasteiger partial charge is 0.240 e. The first-order valence-electron chi connectivity index (χ1n) is 7.12. The third-order valence-corrected chi connectivity index (χ3v) is 4.71. The SMILES string of the molecule is Cc1c(Br)c2ccccc2n1CC(=O)NCCn1ccnc1. The normalized spacial score (nSPS) is 11.0. The van der Waals surface area contributed by atoms with E-state index < -0.39 is 0 Å². The van der Waals surface area contributed by atoms with Gasteiger partial charge in [0.1, 0.15) is 6.54 Å². The molecular weight excluding hydrogens is 344 g/mol. The van der Waals surface area contributed by atoms with E-state index in [9.17, 15) is 4.79 Å². The minimum atomic E-state index is 0.0106. The Hall–Kier alpha value is -2.08. The molecule has 22 heavy (non-hydrogen) atoms. The number of imidazole rings is 1. The summed E-state index contributed by atoms with van der Waals surface area (Å²) in [7, 11) is 0. The Morgan fingerprint density at radius 1 is 1.36 bits per heavy atom. The molecule has 0 aliphatic heterocycles. The van der Waals surface area contributed by atoms with Crippen molar-refractivity contribution >= 4 is 32.7 Å². The maximum Gasteiger partial charge on any atom is 0.240 e. The van der Waals surface area contributed by atoms with Crippen LogP contribution in [-0.2, 0) is 17.9 Å². The summed E-state index contributed by atoms with van der Waals surface area (Å²) in [5.41, 5.74) is 2.13. The van der Waals surface area contributed by atoms with Gasteiger partial charge in [0.2, 0.25) is 5.91 Å². The number of hydrogen-bond donors (Lipinski definition) is 1. The molecule has 0 fully saturated rings. The second-order valence-corrected chi connectivity index (χ2v) is 5.95. The van der Waals surface area contributed by atoms with E-state index >= 15 is 0 Å². The molecule has 3 rings (SSSR count). The van der Waals surface area contributed by atoms with Crippen molar-refractivity contribution in [2.45, 2.75) is 20.0 Å². The predicted octanol–water partition coefficient (Wildman–Crippen LogP) is 2.73. The molecular formula is C16H17BrN4O. The molecule has 1 amide bonds. The van der Waals surface area contributed by atoms with Gasteiger partial charge in [-0.1, -0.05) is 18.2 Å². The number of aromatic nitrogens is 3. The standard InChI is InChI=1S/C16H17BrN4O/c1-12-16(17)13-4-2-3-5-14(13)21(12)10-15(22)19-7-9-20-8-6-18-11-20/h2-6,8,11H,7,9-10H2,1H3,(H,19,22). The number of carbonyl (C=O) groups is 1. The van der Waals surface area contributed by atoms with Crippen molar-refractivity contribution in [1.29, 1.82) is 0 Å². The highest BCUT2D eigenvalue weighted by atomic mass is 79.9. The van der Waals surface area contributed by atoms with Crippen molar-refractivity contribution in [3.05, 3.63) is 53.2 Å². The van der Waals surface area contributed by atoms with Gasteiger partial charge in [0, 0.05) is 46.6 Å². The van der Waals surface area contributed by atoms with Gasteiger partial charge in [-0.3, -0.25) is 4.79 Å². The summed E-state index contributed by atoms with van der Waals surface area (Å²) in [5, 5.41) is 4.08. The van der Waals surface area contributed by atoms with Crippen LogP contribution in [0.4, 0.5) is 0 Å². The fourth-order valence-electron chi connectivity index (χ4n) is 2.54. The maximum atomic E-state index is 12.2. The lowest BCUT2D eigenvalue weighted by atomic mass is 10.2. The molecule has 114 valence electrons. The molecule has 0 unspecified atom stereocenters. The number of fused-ring (bicyclic) bond motifs is 1. The molecule has 0 aliphatic carbocycles. The van der Waals surface area contributed by atoms with Gasteiger partial charge in [-0.05, 0) is 28.9 Å². The van der Waals surface area contributed by atoms with Crippen LogP contribution in [0.25, 0.3) is 10.9 Å². The lowest BCUT2D eigenvalue weighted by Gasteiger charge is -2.09. The van der Waals surface area contributed by atoms with Crippen LogP contribution in [0, 0.1) is 6.92 Å². The molecule has 0 saturated heterocycles. The lowest BCUT2D eigenvalue weighted by molar-refractivity contribution is -0.121. The number of nitrogens with one attached hydrogen (secondary N) is 1. The van der Waals surface area contributed by atoms with E-state index in [2.05, 4.69) is 32.3 Å². The summed E-state index contributed by atoms with van der Waals surface area (Å²) in [4.78, 5) is 16.2. The quantitative estimate of drug-likeness (QED) is 0.760. The topological polar surface area (TPSA) is 51.9 Å². The summed E-state index contributed by atoms with van der Waals surface area (Å²) in [5.74, 6) is 0.0106. The van der Waals surface area contributed by atoms with E-state index in [0.717, 1.165) is 27.6 Å². The Kier molecular flexibility index (Phi) is 4.29. The van der Waals surface area contributed by atoms with E-state index in [4.69, 9.17) is 0 Å². The zero-order valence-corrected chi connectivity index (χ0v) is 13.9. The van der Waals surface area contributed by atoms with Gasteiger partial charge < -0.3 is 14.5 Å². The van der Waals surface area contributed by atoms with E-state index in [-0.39, 0.29) is 5.91 Å². The molecule has 0 bridgehead atoms. The molecule has 2 heterocycles. The Bertz CT molecular complexity index is 792. The molecule has 1 aromatic carbocycles. The zero-order chi connectivity index (χ0) is 15.5. The minimum Gasteiger partial charge on any atom is -0.353 e. The Balaban J connectivity index is 1.68. The van der Waals surface area contributed by atoms with Gasteiger partial charge in [-0.25, -0.2) is 4.98 Å². The molecule has 2 aromatic heterocycles. The van der Waals surface area contributed by atoms with Crippen molar-refractivity contribution in [2.24, 2.45) is 0 Å². The molecule has 0 radical (unpaired) electrons. The first-order chi connectivity index (χ1) is 10.7. The second-order valence-electron chi connectivity index (χ2n) is 5.15. The summed E-state index contributed by atoms with van der Waals surface area (Å²) < 4.78 is 5.02. The fraction of sp³-hybridized carbons (Fsp3) is 0.250. The van der Waals surface area contributed by atoms with Gasteiger partial charge >= 0.3 is 0 Å². The van der Waals surface area contributed by atoms with E-state index in [1.54, 1.807) is 12.5 Å². The fourth-order valence-corrected chi connectivity index (χ4v) is 3.08. The van der Waals surface area contributed by atoms with E-state index in [1.807, 2.05) is 40.5 Å². The molecule has 5 nitrogen and oxygen atoms in total.